The number of esters is 1. The largest absolute Gasteiger partial charge is 0.466 e. The molecule has 0 radical (unpaired) electrons. The maximum atomic E-state index is 12.5. The molecule has 6 nitrogen and oxygen atoms in total. The van der Waals surface area contributed by atoms with Gasteiger partial charge >= 0.3 is 5.97 Å². The third-order valence-corrected chi connectivity index (χ3v) is 15.4. The Balaban J connectivity index is 3.42. The van der Waals surface area contributed by atoms with Crippen molar-refractivity contribution in [3.63, 3.8) is 0 Å². The summed E-state index contributed by atoms with van der Waals surface area (Å²) in [7, 11) is 0. The van der Waals surface area contributed by atoms with Crippen molar-refractivity contribution >= 4 is 11.9 Å². The Morgan fingerprint density at radius 2 is 0.676 bits per heavy atom. The highest BCUT2D eigenvalue weighted by Crippen LogP contribution is 2.18. The summed E-state index contributed by atoms with van der Waals surface area (Å²) >= 11 is 0. The number of ether oxygens (including phenoxy) is 1. The lowest BCUT2D eigenvalue weighted by Crippen LogP contribution is -2.45. The minimum absolute atomic E-state index is 0.000925. The number of rotatable bonds is 62. The van der Waals surface area contributed by atoms with Gasteiger partial charge in [-0.3, -0.25) is 9.59 Å². The van der Waals surface area contributed by atoms with Crippen LogP contribution in [-0.2, 0) is 14.3 Å². The van der Waals surface area contributed by atoms with Crippen molar-refractivity contribution in [2.45, 2.75) is 373 Å². The quantitative estimate of drug-likeness (QED) is 0.0320. The number of hydrogen-bond acceptors (Lipinski definition) is 5. The zero-order valence-corrected chi connectivity index (χ0v) is 49.8. The first-order valence-corrected chi connectivity index (χ1v) is 33.2. The Labute approximate surface area is 462 Å². The highest BCUT2D eigenvalue weighted by atomic mass is 16.5. The van der Waals surface area contributed by atoms with Crippen molar-refractivity contribution < 1.29 is 24.5 Å². The zero-order chi connectivity index (χ0) is 53.6. The fraction of sp³-hybridized carbons (Fsp3) is 0.882. The van der Waals surface area contributed by atoms with Crippen LogP contribution in [0.3, 0.4) is 0 Å². The van der Waals surface area contributed by atoms with Gasteiger partial charge in [0, 0.05) is 12.8 Å². The molecule has 0 saturated carbocycles. The summed E-state index contributed by atoms with van der Waals surface area (Å²) in [5, 5.41) is 23.4. The standard InChI is InChI=1S/C68H129NO5/c1-3-5-7-9-11-13-15-17-19-21-25-29-32-36-40-44-48-52-56-60-66(71)65(64-70)69-67(72)61-57-53-49-45-41-37-33-30-26-23-22-24-27-31-35-39-43-47-51-55-59-63-74-68(73)62-58-54-50-46-42-38-34-28-20-18-16-14-12-10-8-6-4-2/h12,14,18,20,23,26,65-66,70-71H,3-11,13,15-17,19,21-22,24-25,27-64H2,1-2H3,(H,69,72)/b14-12-,20-18-,26-23-. The van der Waals surface area contributed by atoms with Gasteiger partial charge < -0.3 is 20.3 Å². The van der Waals surface area contributed by atoms with Crippen LogP contribution in [0.15, 0.2) is 36.5 Å². The van der Waals surface area contributed by atoms with Crippen LogP contribution >= 0.6 is 0 Å². The number of allylic oxidation sites excluding steroid dienone is 6. The average Bonchev–Trinajstić information content (AvgIpc) is 3.40. The van der Waals surface area contributed by atoms with Crippen LogP contribution in [0.2, 0.25) is 0 Å². The van der Waals surface area contributed by atoms with E-state index in [9.17, 15) is 19.8 Å². The van der Waals surface area contributed by atoms with E-state index in [0.717, 1.165) is 51.4 Å². The molecule has 2 unspecified atom stereocenters. The highest BCUT2D eigenvalue weighted by molar-refractivity contribution is 5.76. The van der Waals surface area contributed by atoms with E-state index in [-0.39, 0.29) is 18.5 Å². The van der Waals surface area contributed by atoms with E-state index < -0.39 is 12.1 Å². The van der Waals surface area contributed by atoms with Crippen LogP contribution in [0.4, 0.5) is 0 Å². The van der Waals surface area contributed by atoms with E-state index in [2.05, 4.69) is 55.6 Å². The predicted octanol–water partition coefficient (Wildman–Crippen LogP) is 21.1. The minimum Gasteiger partial charge on any atom is -0.466 e. The predicted molar refractivity (Wildman–Crippen MR) is 324 cm³/mol. The minimum atomic E-state index is -0.670. The van der Waals surface area contributed by atoms with E-state index in [1.165, 1.54) is 276 Å². The molecule has 0 aromatic rings. The lowest BCUT2D eigenvalue weighted by molar-refractivity contribution is -0.143. The molecule has 0 aliphatic heterocycles. The van der Waals surface area contributed by atoms with Gasteiger partial charge in [0.05, 0.1) is 25.4 Å². The van der Waals surface area contributed by atoms with Gasteiger partial charge in [0.2, 0.25) is 5.91 Å². The Hall–Kier alpha value is -1.92. The number of carbonyl (C=O) groups excluding carboxylic acids is 2. The number of aliphatic hydroxyl groups excluding tert-OH is 2. The molecule has 0 heterocycles. The molecule has 436 valence electrons. The fourth-order valence-electron chi connectivity index (χ4n) is 10.3. The lowest BCUT2D eigenvalue weighted by atomic mass is 10.0. The average molecular weight is 1040 g/mol. The second-order valence-corrected chi connectivity index (χ2v) is 22.8. The Bertz CT molecular complexity index is 1200. The van der Waals surface area contributed by atoms with Crippen molar-refractivity contribution in [3.8, 4) is 0 Å². The third kappa shape index (κ3) is 59.3. The maximum absolute atomic E-state index is 12.5. The fourth-order valence-corrected chi connectivity index (χ4v) is 10.3. The molecule has 0 aliphatic rings. The normalized spacial score (nSPS) is 12.8. The summed E-state index contributed by atoms with van der Waals surface area (Å²) in [6.07, 6.45) is 80.2. The molecular formula is C68H129NO5. The molecular weight excluding hydrogens is 911 g/mol. The van der Waals surface area contributed by atoms with Gasteiger partial charge in [0.1, 0.15) is 0 Å². The smallest absolute Gasteiger partial charge is 0.305 e. The summed E-state index contributed by atoms with van der Waals surface area (Å²) in [6, 6.07) is -0.548. The molecule has 0 rings (SSSR count). The van der Waals surface area contributed by atoms with Gasteiger partial charge in [-0.1, -0.05) is 301 Å². The molecule has 0 aliphatic carbocycles. The Morgan fingerprint density at radius 1 is 0.378 bits per heavy atom. The molecule has 3 N–H and O–H groups in total. The van der Waals surface area contributed by atoms with Gasteiger partial charge in [0.25, 0.3) is 0 Å². The van der Waals surface area contributed by atoms with Crippen molar-refractivity contribution in [3.05, 3.63) is 36.5 Å². The van der Waals surface area contributed by atoms with Gasteiger partial charge in [-0.15, -0.1) is 0 Å². The first-order valence-electron chi connectivity index (χ1n) is 33.2. The van der Waals surface area contributed by atoms with Gasteiger partial charge in [-0.25, -0.2) is 0 Å². The molecule has 0 aromatic heterocycles. The highest BCUT2D eigenvalue weighted by Gasteiger charge is 2.20. The SMILES string of the molecule is CCCCC/C=C\C/C=C\CCCCCCCCCC(=O)OCCCCCCCCCCCC/C=C\CCCCCCCCCC(=O)NC(CO)C(O)CCCCCCCCCCCCCCCCCCCCC. The molecule has 0 saturated heterocycles. The van der Waals surface area contributed by atoms with Crippen LogP contribution in [-0.4, -0.2) is 47.4 Å². The number of nitrogens with one attached hydrogen (secondary N) is 1. The van der Waals surface area contributed by atoms with Gasteiger partial charge in [0.15, 0.2) is 0 Å². The van der Waals surface area contributed by atoms with E-state index in [1.54, 1.807) is 0 Å². The van der Waals surface area contributed by atoms with Crippen LogP contribution in [0.25, 0.3) is 0 Å². The van der Waals surface area contributed by atoms with E-state index in [1.807, 2.05) is 0 Å². The second-order valence-electron chi connectivity index (χ2n) is 22.8. The number of hydrogen-bond donors (Lipinski definition) is 3. The maximum Gasteiger partial charge on any atom is 0.305 e. The first-order chi connectivity index (χ1) is 36.5. The summed E-state index contributed by atoms with van der Waals surface area (Å²) in [6.45, 7) is 4.94. The molecule has 0 aromatic carbocycles. The van der Waals surface area contributed by atoms with Crippen molar-refractivity contribution in [2.75, 3.05) is 13.2 Å². The van der Waals surface area contributed by atoms with Gasteiger partial charge in [-0.05, 0) is 83.5 Å². The lowest BCUT2D eigenvalue weighted by Gasteiger charge is -2.22. The number of amides is 1. The Morgan fingerprint density at radius 3 is 1.07 bits per heavy atom. The van der Waals surface area contributed by atoms with Crippen molar-refractivity contribution in [1.82, 2.24) is 5.32 Å². The van der Waals surface area contributed by atoms with Crippen LogP contribution in [0, 0.1) is 0 Å². The first kappa shape index (κ1) is 72.1. The van der Waals surface area contributed by atoms with E-state index >= 15 is 0 Å². The summed E-state index contributed by atoms with van der Waals surface area (Å²) < 4.78 is 5.49. The molecule has 1 amide bonds. The number of unbranched alkanes of at least 4 members (excludes halogenated alkanes) is 45. The number of aliphatic hydroxyl groups is 2. The van der Waals surface area contributed by atoms with E-state index in [0.29, 0.717) is 25.9 Å². The number of carbonyl (C=O) groups is 2. The summed E-state index contributed by atoms with van der Waals surface area (Å²) in [4.78, 5) is 24.6. The molecule has 6 heteroatoms. The van der Waals surface area contributed by atoms with Crippen LogP contribution < -0.4 is 5.32 Å². The molecule has 2 atom stereocenters. The monoisotopic (exact) mass is 1040 g/mol. The Kier molecular flexibility index (Phi) is 62.0. The van der Waals surface area contributed by atoms with Crippen LogP contribution in [0.5, 0.6) is 0 Å². The second kappa shape index (κ2) is 63.6. The molecule has 0 spiro atoms. The van der Waals surface area contributed by atoms with E-state index in [4.69, 9.17) is 4.74 Å². The van der Waals surface area contributed by atoms with Crippen molar-refractivity contribution in [2.24, 2.45) is 0 Å². The molecule has 0 fully saturated rings. The zero-order valence-electron chi connectivity index (χ0n) is 49.8. The molecule has 0 bridgehead atoms. The van der Waals surface area contributed by atoms with Gasteiger partial charge in [-0.2, -0.15) is 0 Å². The summed E-state index contributed by atoms with van der Waals surface area (Å²) in [5.41, 5.74) is 0. The molecule has 74 heavy (non-hydrogen) atoms. The topological polar surface area (TPSA) is 95.9 Å². The third-order valence-electron chi connectivity index (χ3n) is 15.4. The van der Waals surface area contributed by atoms with Crippen LogP contribution in [0.1, 0.15) is 361 Å². The van der Waals surface area contributed by atoms with Crippen molar-refractivity contribution in [1.29, 1.82) is 0 Å². The summed E-state index contributed by atoms with van der Waals surface area (Å²) in [5.74, 6) is -0.0391.